The summed E-state index contributed by atoms with van der Waals surface area (Å²) in [5.41, 5.74) is -0.621. The van der Waals surface area contributed by atoms with Gasteiger partial charge in [-0.15, -0.1) is 0 Å². The lowest BCUT2D eigenvalue weighted by Crippen LogP contribution is -2.49. The van der Waals surface area contributed by atoms with Crippen LogP contribution in [0.2, 0.25) is 5.02 Å². The van der Waals surface area contributed by atoms with Crippen LogP contribution in [0.1, 0.15) is 47.9 Å². The second-order valence-corrected chi connectivity index (χ2v) is 7.90. The summed E-state index contributed by atoms with van der Waals surface area (Å²) in [6.45, 7) is 0. The van der Waals surface area contributed by atoms with Crippen molar-refractivity contribution in [1.82, 2.24) is 15.3 Å². The number of fused-ring (bicyclic) bond motifs is 1. The molecule has 1 fully saturated rings. The molecule has 2 heterocycles. The first-order valence-electron chi connectivity index (χ1n) is 9.59. The monoisotopic (exact) mass is 413 g/mol. The van der Waals surface area contributed by atoms with Crippen molar-refractivity contribution in [3.05, 3.63) is 71.3 Å². The number of halogens is 2. The quantitative estimate of drug-likeness (QED) is 0.664. The van der Waals surface area contributed by atoms with Crippen LogP contribution in [-0.2, 0) is 0 Å². The lowest BCUT2D eigenvalue weighted by molar-refractivity contribution is -0.0455. The van der Waals surface area contributed by atoms with Crippen molar-refractivity contribution in [2.75, 3.05) is 0 Å². The molecule has 7 heteroatoms. The summed E-state index contributed by atoms with van der Waals surface area (Å²) >= 11 is 6.12. The van der Waals surface area contributed by atoms with Crippen LogP contribution < -0.4 is 5.32 Å². The van der Waals surface area contributed by atoms with Gasteiger partial charge in [-0.05, 0) is 49.3 Å². The Bertz CT molecular complexity index is 1030. The summed E-state index contributed by atoms with van der Waals surface area (Å²) in [4.78, 5) is 21.7. The lowest BCUT2D eigenvalue weighted by Gasteiger charge is -2.40. The van der Waals surface area contributed by atoms with E-state index in [0.29, 0.717) is 16.1 Å². The summed E-state index contributed by atoms with van der Waals surface area (Å²) in [5, 5.41) is 16.3. The van der Waals surface area contributed by atoms with Gasteiger partial charge in [0.25, 0.3) is 5.91 Å². The predicted molar refractivity (Wildman–Crippen MR) is 110 cm³/mol. The molecule has 1 aliphatic rings. The molecule has 1 saturated carbocycles. The fourth-order valence-electron chi connectivity index (χ4n) is 3.93. The Morgan fingerprint density at radius 2 is 1.90 bits per heavy atom. The maximum Gasteiger partial charge on any atom is 0.271 e. The summed E-state index contributed by atoms with van der Waals surface area (Å²) in [7, 11) is 0. The van der Waals surface area contributed by atoms with E-state index >= 15 is 0 Å². The van der Waals surface area contributed by atoms with E-state index in [1.165, 1.54) is 6.20 Å². The fraction of sp³-hybridized carbons (Fsp3) is 0.318. The van der Waals surface area contributed by atoms with E-state index in [1.807, 2.05) is 30.3 Å². The van der Waals surface area contributed by atoms with E-state index in [-0.39, 0.29) is 31.4 Å². The summed E-state index contributed by atoms with van der Waals surface area (Å²) < 4.78 is 13.7. The Labute approximate surface area is 172 Å². The molecule has 1 atom stereocenters. The zero-order valence-electron chi connectivity index (χ0n) is 15.7. The third kappa shape index (κ3) is 4.09. The largest absolute Gasteiger partial charge is 0.387 e. The standard InChI is InChI=1S/C22H21ClFN3O2/c23-15-8-12-25-18(13-15)20(22(29)9-5-16(24)6-10-22)27-21(28)19-17-4-2-1-3-14(17)7-11-26-19/h1-4,7-8,11-13,16,20,29H,5-6,9-10H2,(H,27,28)/t16-,20?,22+. The average Bonchev–Trinajstić information content (AvgIpc) is 2.73. The van der Waals surface area contributed by atoms with E-state index in [1.54, 1.807) is 18.3 Å². The Balaban J connectivity index is 1.71. The Morgan fingerprint density at radius 1 is 1.17 bits per heavy atom. The van der Waals surface area contributed by atoms with Crippen molar-refractivity contribution in [3.63, 3.8) is 0 Å². The average molecular weight is 414 g/mol. The molecule has 1 aromatic carbocycles. The van der Waals surface area contributed by atoms with Gasteiger partial charge in [-0.25, -0.2) is 4.39 Å². The van der Waals surface area contributed by atoms with Gasteiger partial charge in [0.2, 0.25) is 0 Å². The minimum Gasteiger partial charge on any atom is -0.387 e. The van der Waals surface area contributed by atoms with Gasteiger partial charge < -0.3 is 10.4 Å². The third-order valence-corrected chi connectivity index (χ3v) is 5.76. The van der Waals surface area contributed by atoms with Crippen molar-refractivity contribution in [3.8, 4) is 0 Å². The number of aliphatic hydroxyl groups is 1. The summed E-state index contributed by atoms with van der Waals surface area (Å²) in [6, 6.07) is 11.7. The maximum absolute atomic E-state index is 13.7. The SMILES string of the molecule is O=C(NC(c1cc(Cl)ccn1)[C@]1(O)CC[C@@H](F)CC1)c1nccc2ccccc12. The molecule has 29 heavy (non-hydrogen) atoms. The van der Waals surface area contributed by atoms with Gasteiger partial charge in [0, 0.05) is 22.8 Å². The van der Waals surface area contributed by atoms with Crippen LogP contribution >= 0.6 is 11.6 Å². The number of nitrogens with one attached hydrogen (secondary N) is 1. The van der Waals surface area contributed by atoms with Crippen LogP contribution in [0.15, 0.2) is 54.9 Å². The number of benzene rings is 1. The van der Waals surface area contributed by atoms with Gasteiger partial charge in [0.1, 0.15) is 17.9 Å². The smallest absolute Gasteiger partial charge is 0.271 e. The number of amides is 1. The highest BCUT2D eigenvalue weighted by Crippen LogP contribution is 2.39. The predicted octanol–water partition coefficient (Wildman–Crippen LogP) is 4.40. The van der Waals surface area contributed by atoms with Crippen LogP contribution in [0, 0.1) is 0 Å². The van der Waals surface area contributed by atoms with Gasteiger partial charge >= 0.3 is 0 Å². The number of hydrogen-bond donors (Lipinski definition) is 2. The lowest BCUT2D eigenvalue weighted by atomic mass is 9.77. The molecule has 0 bridgehead atoms. The number of hydrogen-bond acceptors (Lipinski definition) is 4. The molecule has 1 amide bonds. The van der Waals surface area contributed by atoms with Crippen molar-refractivity contribution in [2.24, 2.45) is 0 Å². The molecule has 150 valence electrons. The molecule has 0 saturated heterocycles. The molecule has 0 radical (unpaired) electrons. The van der Waals surface area contributed by atoms with E-state index in [4.69, 9.17) is 11.6 Å². The zero-order chi connectivity index (χ0) is 20.4. The summed E-state index contributed by atoms with van der Waals surface area (Å²) in [6.07, 6.45) is 3.06. The maximum atomic E-state index is 13.7. The number of carbonyl (C=O) groups is 1. The fourth-order valence-corrected chi connectivity index (χ4v) is 4.10. The van der Waals surface area contributed by atoms with E-state index < -0.39 is 23.7 Å². The number of alkyl halides is 1. The van der Waals surface area contributed by atoms with Crippen LogP contribution in [0.4, 0.5) is 4.39 Å². The first kappa shape index (κ1) is 19.7. The van der Waals surface area contributed by atoms with E-state index in [2.05, 4.69) is 15.3 Å². The Kier molecular flexibility index (Phi) is 5.48. The molecule has 1 unspecified atom stereocenters. The van der Waals surface area contributed by atoms with Crippen LogP contribution in [0.3, 0.4) is 0 Å². The Hall–Kier alpha value is -2.57. The van der Waals surface area contributed by atoms with Crippen molar-refractivity contribution < 1.29 is 14.3 Å². The highest BCUT2D eigenvalue weighted by molar-refractivity contribution is 6.30. The van der Waals surface area contributed by atoms with E-state index in [9.17, 15) is 14.3 Å². The molecule has 0 spiro atoms. The van der Waals surface area contributed by atoms with Crippen molar-refractivity contribution in [1.29, 1.82) is 0 Å². The second kappa shape index (κ2) is 8.05. The molecule has 5 nitrogen and oxygen atoms in total. The number of carbonyl (C=O) groups excluding carboxylic acids is 1. The number of pyridine rings is 2. The molecule has 2 N–H and O–H groups in total. The molecule has 2 aromatic heterocycles. The zero-order valence-corrected chi connectivity index (χ0v) is 16.4. The van der Waals surface area contributed by atoms with Crippen LogP contribution in [0.25, 0.3) is 10.8 Å². The first-order chi connectivity index (χ1) is 14.0. The molecule has 1 aliphatic carbocycles. The van der Waals surface area contributed by atoms with Gasteiger partial charge in [0.15, 0.2) is 0 Å². The normalized spacial score (nSPS) is 22.9. The number of nitrogens with zero attached hydrogens (tertiary/aromatic N) is 2. The summed E-state index contributed by atoms with van der Waals surface area (Å²) in [5.74, 6) is -0.427. The van der Waals surface area contributed by atoms with Gasteiger partial charge in [-0.2, -0.15) is 0 Å². The number of aromatic nitrogens is 2. The number of rotatable bonds is 4. The molecule has 3 aromatic rings. The minimum absolute atomic E-state index is 0.219. The highest BCUT2D eigenvalue weighted by Gasteiger charge is 2.43. The second-order valence-electron chi connectivity index (χ2n) is 7.46. The van der Waals surface area contributed by atoms with Crippen LogP contribution in [-0.4, -0.2) is 32.8 Å². The van der Waals surface area contributed by atoms with Crippen LogP contribution in [0.5, 0.6) is 0 Å². The molecular weight excluding hydrogens is 393 g/mol. The van der Waals surface area contributed by atoms with E-state index in [0.717, 1.165) is 5.39 Å². The third-order valence-electron chi connectivity index (χ3n) is 5.52. The van der Waals surface area contributed by atoms with Crippen molar-refractivity contribution >= 4 is 28.3 Å². The highest BCUT2D eigenvalue weighted by atomic mass is 35.5. The minimum atomic E-state index is -1.32. The van der Waals surface area contributed by atoms with Gasteiger partial charge in [0.05, 0.1) is 11.3 Å². The van der Waals surface area contributed by atoms with Gasteiger partial charge in [-0.1, -0.05) is 35.9 Å². The molecular formula is C22H21ClFN3O2. The molecule has 4 rings (SSSR count). The van der Waals surface area contributed by atoms with Gasteiger partial charge in [-0.3, -0.25) is 14.8 Å². The molecule has 0 aliphatic heterocycles. The topological polar surface area (TPSA) is 75.1 Å². The van der Waals surface area contributed by atoms with Crippen molar-refractivity contribution in [2.45, 2.75) is 43.5 Å². The Morgan fingerprint density at radius 3 is 2.66 bits per heavy atom. The first-order valence-corrected chi connectivity index (χ1v) is 9.96.